The Balaban J connectivity index is 0.000000240. The molecule has 0 aliphatic rings. The van der Waals surface area contributed by atoms with Crippen molar-refractivity contribution < 1.29 is 0 Å². The minimum absolute atomic E-state index is 0.547. The molecule has 36 heavy (non-hydrogen) atoms. The van der Waals surface area contributed by atoms with Crippen LogP contribution in [0.4, 0.5) is 0 Å². The van der Waals surface area contributed by atoms with Crippen molar-refractivity contribution in [1.82, 2.24) is 19.9 Å². The molecule has 0 spiro atoms. The Morgan fingerprint density at radius 2 is 1.22 bits per heavy atom. The summed E-state index contributed by atoms with van der Waals surface area (Å²) in [5, 5.41) is 1.24. The van der Waals surface area contributed by atoms with Crippen LogP contribution in [0.25, 0.3) is 0 Å². The van der Waals surface area contributed by atoms with Gasteiger partial charge in [0, 0.05) is 53.7 Å². The average molecular weight is 505 g/mol. The zero-order valence-electron chi connectivity index (χ0n) is 23.5. The van der Waals surface area contributed by atoms with Gasteiger partial charge in [0.2, 0.25) is 0 Å². The molecule has 0 aliphatic heterocycles. The fourth-order valence-electron chi connectivity index (χ4n) is 2.82. The van der Waals surface area contributed by atoms with Gasteiger partial charge in [-0.1, -0.05) is 67.5 Å². The van der Waals surface area contributed by atoms with Gasteiger partial charge in [0.25, 0.3) is 0 Å². The maximum absolute atomic E-state index is 4.23. The van der Waals surface area contributed by atoms with Gasteiger partial charge in [-0.15, -0.1) is 11.3 Å². The lowest BCUT2D eigenvalue weighted by Crippen LogP contribution is -1.88. The van der Waals surface area contributed by atoms with Gasteiger partial charge in [-0.05, 0) is 66.1 Å². The van der Waals surface area contributed by atoms with Crippen LogP contribution in [-0.4, -0.2) is 19.9 Å². The second-order valence-corrected chi connectivity index (χ2v) is 11.0. The highest BCUT2D eigenvalue weighted by Crippen LogP contribution is 2.19. The van der Waals surface area contributed by atoms with Crippen molar-refractivity contribution in [2.75, 3.05) is 0 Å². The standard InChI is InChI=1S/3C8H11N.C7H11NS/c1-7(2)8-3-5-9-6-4-8;1-7(2)8-4-3-5-9-6-8;1-7(2)8-5-3-4-6-9-8;1-5(2)7-8-4-6(3)9-7/h3*3-7H,1-2H3;4-5H,1-3H3. The van der Waals surface area contributed by atoms with Crippen LogP contribution >= 0.6 is 11.3 Å². The van der Waals surface area contributed by atoms with E-state index in [1.54, 1.807) is 17.5 Å². The molecule has 0 saturated heterocycles. The molecule has 4 aromatic rings. The maximum atomic E-state index is 4.23. The van der Waals surface area contributed by atoms with Crippen molar-refractivity contribution in [3.63, 3.8) is 0 Å². The first-order valence-electron chi connectivity index (χ1n) is 12.7. The number of hydrogen-bond donors (Lipinski definition) is 0. The summed E-state index contributed by atoms with van der Waals surface area (Å²) in [5.74, 6) is 2.35. The van der Waals surface area contributed by atoms with Crippen molar-refractivity contribution in [3.05, 3.63) is 106 Å². The van der Waals surface area contributed by atoms with Crippen LogP contribution < -0.4 is 0 Å². The summed E-state index contributed by atoms with van der Waals surface area (Å²) < 4.78 is 0. The van der Waals surface area contributed by atoms with Crippen LogP contribution in [0, 0.1) is 6.92 Å². The first-order valence-corrected chi connectivity index (χ1v) is 13.6. The molecule has 4 aromatic heterocycles. The lowest BCUT2D eigenvalue weighted by atomic mass is 10.1. The molecule has 0 bridgehead atoms. The van der Waals surface area contributed by atoms with Crippen LogP contribution in [0.5, 0.6) is 0 Å². The van der Waals surface area contributed by atoms with E-state index in [4.69, 9.17) is 0 Å². The molecule has 4 rings (SSSR count). The van der Waals surface area contributed by atoms with Gasteiger partial charge in [-0.2, -0.15) is 0 Å². The van der Waals surface area contributed by atoms with Gasteiger partial charge >= 0.3 is 0 Å². The third kappa shape index (κ3) is 13.2. The fourth-order valence-corrected chi connectivity index (χ4v) is 3.60. The Morgan fingerprint density at radius 1 is 0.556 bits per heavy atom. The highest BCUT2D eigenvalue weighted by molar-refractivity contribution is 7.11. The quantitative estimate of drug-likeness (QED) is 0.278. The Labute approximate surface area is 223 Å². The molecular formula is C31H44N4S. The third-order valence-corrected chi connectivity index (χ3v) is 6.35. The molecule has 194 valence electrons. The minimum atomic E-state index is 0.547. The molecular weight excluding hydrogens is 460 g/mol. The van der Waals surface area contributed by atoms with Gasteiger partial charge < -0.3 is 0 Å². The van der Waals surface area contributed by atoms with Crippen molar-refractivity contribution >= 4 is 11.3 Å². The number of pyridine rings is 3. The molecule has 4 heterocycles. The molecule has 0 saturated carbocycles. The summed E-state index contributed by atoms with van der Waals surface area (Å²) in [6.07, 6.45) is 11.1. The van der Waals surface area contributed by atoms with Crippen molar-refractivity contribution in [1.29, 1.82) is 0 Å². The number of thiazole rings is 1. The molecule has 0 atom stereocenters. The van der Waals surface area contributed by atoms with Crippen LogP contribution in [0.1, 0.15) is 106 Å². The summed E-state index contributed by atoms with van der Waals surface area (Å²) in [6.45, 7) is 19.4. The molecule has 0 unspecified atom stereocenters. The maximum Gasteiger partial charge on any atom is 0.0952 e. The summed E-state index contributed by atoms with van der Waals surface area (Å²) in [6, 6.07) is 14.2. The second-order valence-electron chi connectivity index (χ2n) is 9.75. The predicted molar refractivity (Wildman–Crippen MR) is 156 cm³/mol. The molecule has 5 heteroatoms. The van der Waals surface area contributed by atoms with Crippen LogP contribution in [0.3, 0.4) is 0 Å². The first kappa shape index (κ1) is 31.1. The molecule has 0 N–H and O–H groups in total. The summed E-state index contributed by atoms with van der Waals surface area (Å²) in [5.41, 5.74) is 3.82. The topological polar surface area (TPSA) is 51.6 Å². The van der Waals surface area contributed by atoms with Gasteiger partial charge in [0.1, 0.15) is 0 Å². The Hall–Kier alpha value is -2.92. The second kappa shape index (κ2) is 17.5. The van der Waals surface area contributed by atoms with E-state index < -0.39 is 0 Å². The number of nitrogens with zero attached hydrogens (tertiary/aromatic N) is 4. The van der Waals surface area contributed by atoms with E-state index in [0.717, 1.165) is 5.69 Å². The fraction of sp³-hybridized carbons (Fsp3) is 0.419. The van der Waals surface area contributed by atoms with Crippen molar-refractivity contribution in [2.24, 2.45) is 0 Å². The van der Waals surface area contributed by atoms with E-state index in [1.807, 2.05) is 67.4 Å². The molecule has 0 amide bonds. The highest BCUT2D eigenvalue weighted by atomic mass is 32.1. The summed E-state index contributed by atoms with van der Waals surface area (Å²) in [4.78, 5) is 17.7. The molecule has 0 radical (unpaired) electrons. The highest BCUT2D eigenvalue weighted by Gasteiger charge is 2.01. The zero-order valence-corrected chi connectivity index (χ0v) is 24.3. The number of aromatic nitrogens is 4. The third-order valence-electron chi connectivity index (χ3n) is 5.14. The molecule has 0 aliphatic carbocycles. The monoisotopic (exact) mass is 504 g/mol. The minimum Gasteiger partial charge on any atom is -0.265 e. The number of hydrogen-bond acceptors (Lipinski definition) is 5. The first-order chi connectivity index (χ1) is 17.1. The van der Waals surface area contributed by atoms with Crippen LogP contribution in [0.2, 0.25) is 0 Å². The van der Waals surface area contributed by atoms with E-state index in [-0.39, 0.29) is 0 Å². The van der Waals surface area contributed by atoms with Gasteiger partial charge in [-0.25, -0.2) is 4.98 Å². The predicted octanol–water partition coefficient (Wildman–Crippen LogP) is 9.19. The van der Waals surface area contributed by atoms with Crippen LogP contribution in [0.15, 0.2) is 79.6 Å². The van der Waals surface area contributed by atoms with Gasteiger partial charge in [0.05, 0.1) is 5.01 Å². The van der Waals surface area contributed by atoms with Crippen molar-refractivity contribution in [3.8, 4) is 0 Å². The number of rotatable bonds is 4. The number of aryl methyl sites for hydroxylation is 1. The molecule has 0 aromatic carbocycles. The van der Waals surface area contributed by atoms with E-state index in [9.17, 15) is 0 Å². The largest absolute Gasteiger partial charge is 0.265 e. The van der Waals surface area contributed by atoms with Crippen LogP contribution in [-0.2, 0) is 0 Å². The van der Waals surface area contributed by atoms with E-state index in [2.05, 4.69) is 88.3 Å². The molecule has 0 fully saturated rings. The normalized spacial score (nSPS) is 10.2. The lowest BCUT2D eigenvalue weighted by Gasteiger charge is -2.01. The summed E-state index contributed by atoms with van der Waals surface area (Å²) in [7, 11) is 0. The Kier molecular flexibility index (Phi) is 15.1. The van der Waals surface area contributed by atoms with Gasteiger partial charge in [-0.3, -0.25) is 15.0 Å². The smallest absolute Gasteiger partial charge is 0.0952 e. The average Bonchev–Trinajstić information content (AvgIpc) is 3.33. The summed E-state index contributed by atoms with van der Waals surface area (Å²) >= 11 is 1.78. The zero-order chi connectivity index (χ0) is 26.9. The SMILES string of the molecule is CC(C)c1ccccn1.CC(C)c1cccnc1.CC(C)c1ccncc1.Cc1cnc(C(C)C)s1. The van der Waals surface area contributed by atoms with Gasteiger partial charge in [0.15, 0.2) is 0 Å². The van der Waals surface area contributed by atoms with Crippen molar-refractivity contribution in [2.45, 2.75) is 86.0 Å². The Bertz CT molecular complexity index is 940. The lowest BCUT2D eigenvalue weighted by molar-refractivity contribution is 0.823. The van der Waals surface area contributed by atoms with E-state index >= 15 is 0 Å². The van der Waals surface area contributed by atoms with E-state index in [1.165, 1.54) is 21.0 Å². The van der Waals surface area contributed by atoms with E-state index in [0.29, 0.717) is 23.7 Å². The molecule has 4 nitrogen and oxygen atoms in total. The Morgan fingerprint density at radius 3 is 1.53 bits per heavy atom.